The van der Waals surface area contributed by atoms with Crippen LogP contribution in [0.5, 0.6) is 0 Å². The van der Waals surface area contributed by atoms with Gasteiger partial charge in [-0.2, -0.15) is 0 Å². The van der Waals surface area contributed by atoms with Crippen molar-refractivity contribution in [1.82, 2.24) is 0 Å². The van der Waals surface area contributed by atoms with E-state index in [0.29, 0.717) is 0 Å². The Morgan fingerprint density at radius 1 is 0.938 bits per heavy atom. The maximum absolute atomic E-state index is 6.13. The molecule has 10 heteroatoms. The Balaban J connectivity index is 4.13. The molecule has 16 heavy (non-hydrogen) atoms. The molecule has 0 amide bonds. The predicted molar refractivity (Wildman–Crippen MR) is 91.3 cm³/mol. The Hall–Kier alpha value is 2.61. The summed E-state index contributed by atoms with van der Waals surface area (Å²) in [6.07, 6.45) is 4.82. The van der Waals surface area contributed by atoms with Gasteiger partial charge >= 0.3 is 11.0 Å². The molecule has 0 aliphatic carbocycles. The first-order valence-corrected chi connectivity index (χ1v) is 23.6. The molecule has 0 aromatic carbocycles. The van der Waals surface area contributed by atoms with Crippen LogP contribution in [0.3, 0.4) is 0 Å². The average molecular weight is 413 g/mol. The summed E-state index contributed by atoms with van der Waals surface area (Å²) < 4.78 is 0. The molecular formula is C6H16Cl6Si4. The summed E-state index contributed by atoms with van der Waals surface area (Å²) in [7, 11) is -2.08. The topological polar surface area (TPSA) is 0 Å². The van der Waals surface area contributed by atoms with Crippen LogP contribution >= 0.6 is 66.5 Å². The van der Waals surface area contributed by atoms with Gasteiger partial charge in [0.2, 0.25) is 0 Å². The van der Waals surface area contributed by atoms with Crippen LogP contribution in [0.1, 0.15) is 32.6 Å². The highest BCUT2D eigenvalue weighted by atomic mass is 35.9. The molecule has 0 fully saturated rings. The fourth-order valence-corrected chi connectivity index (χ4v) is 79.8. The predicted octanol–water partition coefficient (Wildman–Crippen LogP) is 4.35. The van der Waals surface area contributed by atoms with E-state index in [1.807, 2.05) is 0 Å². The van der Waals surface area contributed by atoms with Crippen molar-refractivity contribution in [3.05, 3.63) is 0 Å². The van der Waals surface area contributed by atoms with E-state index in [9.17, 15) is 0 Å². The van der Waals surface area contributed by atoms with Crippen molar-refractivity contribution in [2.75, 3.05) is 0 Å². The molecule has 0 spiro atoms. The van der Waals surface area contributed by atoms with Crippen LogP contribution in [0, 0.1) is 0 Å². The molecule has 0 aromatic heterocycles. The third kappa shape index (κ3) is 10.5. The lowest BCUT2D eigenvalue weighted by Crippen LogP contribution is -2.49. The molecule has 1 unspecified atom stereocenters. The molecule has 0 aliphatic heterocycles. The van der Waals surface area contributed by atoms with Crippen molar-refractivity contribution in [1.29, 1.82) is 0 Å². The zero-order valence-electron chi connectivity index (χ0n) is 9.09. The van der Waals surface area contributed by atoms with Crippen LogP contribution in [-0.2, 0) is 0 Å². The van der Waals surface area contributed by atoms with Crippen molar-refractivity contribution < 1.29 is 0 Å². The lowest BCUT2D eigenvalue weighted by atomic mass is 10.2. The smallest absolute Gasteiger partial charge is 0.131 e. The maximum atomic E-state index is 6.13. The van der Waals surface area contributed by atoms with Gasteiger partial charge in [0.1, 0.15) is 0 Å². The van der Waals surface area contributed by atoms with E-state index in [2.05, 4.69) is 6.92 Å². The summed E-state index contributed by atoms with van der Waals surface area (Å²) in [4.78, 5) is 0. The Bertz CT molecular complexity index is 190. The van der Waals surface area contributed by atoms with Gasteiger partial charge in [-0.1, -0.05) is 38.7 Å². The maximum Gasteiger partial charge on any atom is 0.318 e. The molecule has 0 aromatic rings. The lowest BCUT2D eigenvalue weighted by Gasteiger charge is -2.22. The number of hydrogen-bond donors (Lipinski definition) is 0. The number of hydrogen-bond acceptors (Lipinski definition) is 0. The van der Waals surface area contributed by atoms with Gasteiger partial charge in [-0.15, -0.1) is 66.5 Å². The van der Waals surface area contributed by atoms with Crippen LogP contribution in [-0.4, -0.2) is 27.4 Å². The molecule has 0 bridgehead atoms. The molecule has 0 rings (SSSR count). The van der Waals surface area contributed by atoms with Gasteiger partial charge in [0.15, 0.2) is 0 Å². The van der Waals surface area contributed by atoms with E-state index in [0.717, 1.165) is 12.5 Å². The first-order chi connectivity index (χ1) is 7.17. The van der Waals surface area contributed by atoms with Gasteiger partial charge in [-0.25, -0.2) is 0 Å². The van der Waals surface area contributed by atoms with Crippen LogP contribution in [0.2, 0.25) is 6.04 Å². The van der Waals surface area contributed by atoms with E-state index >= 15 is 0 Å². The van der Waals surface area contributed by atoms with E-state index in [1.54, 1.807) is 0 Å². The van der Waals surface area contributed by atoms with Crippen LogP contribution in [0.4, 0.5) is 0 Å². The second-order valence-corrected chi connectivity index (χ2v) is 49.1. The molecule has 0 saturated heterocycles. The Morgan fingerprint density at radius 3 is 1.88 bits per heavy atom. The lowest BCUT2D eigenvalue weighted by molar-refractivity contribution is 0.700. The molecule has 0 aliphatic rings. The van der Waals surface area contributed by atoms with E-state index < -0.39 is 27.4 Å². The highest BCUT2D eigenvalue weighted by molar-refractivity contribution is 8.02. The minimum atomic E-state index is -2.56. The molecule has 0 nitrogen and oxygen atoms in total. The van der Waals surface area contributed by atoms with Gasteiger partial charge < -0.3 is 0 Å². The fraction of sp³-hybridized carbons (Fsp3) is 1.00. The second kappa shape index (κ2) is 8.71. The Morgan fingerprint density at radius 2 is 1.50 bits per heavy atom. The van der Waals surface area contributed by atoms with Gasteiger partial charge in [0, 0.05) is 0 Å². The van der Waals surface area contributed by atoms with Gasteiger partial charge in [-0.05, 0) is 0 Å². The van der Waals surface area contributed by atoms with Crippen LogP contribution in [0.15, 0.2) is 0 Å². The fourth-order valence-electron chi connectivity index (χ4n) is 1.48. The van der Waals surface area contributed by atoms with Crippen molar-refractivity contribution in [2.45, 2.75) is 38.7 Å². The molecule has 1 atom stereocenters. The third-order valence-electron chi connectivity index (χ3n) is 2.35. The molecule has 0 N–H and O–H groups in total. The van der Waals surface area contributed by atoms with Crippen molar-refractivity contribution >= 4 is 93.9 Å². The average Bonchev–Trinajstić information content (AvgIpc) is 2.06. The molecule has 0 heterocycles. The number of unbranched alkanes of at least 4 members (excludes halogenated alkanes) is 3. The van der Waals surface area contributed by atoms with Gasteiger partial charge in [0.25, 0.3) is 0 Å². The van der Waals surface area contributed by atoms with Gasteiger partial charge in [0.05, 0.1) is 16.4 Å². The number of rotatable bonds is 8. The summed E-state index contributed by atoms with van der Waals surface area (Å²) in [5, 5.41) is 0. The first-order valence-electron chi connectivity index (χ1n) is 5.30. The van der Waals surface area contributed by atoms with Crippen LogP contribution < -0.4 is 0 Å². The number of halogens is 6. The van der Waals surface area contributed by atoms with E-state index in [1.165, 1.54) is 19.3 Å². The minimum absolute atomic E-state index is 0.735. The SMILES string of the molecule is CCCCCC[SiH]([SiH2][Si](Cl)(Cl)Cl)[Si](Cl)(Cl)Cl. The molecule has 98 valence electrons. The molecule has 0 radical (unpaired) electrons. The second-order valence-electron chi connectivity index (χ2n) is 3.91. The summed E-state index contributed by atoms with van der Waals surface area (Å²) >= 11 is 36.4. The highest BCUT2D eigenvalue weighted by Gasteiger charge is 2.43. The highest BCUT2D eigenvalue weighted by Crippen LogP contribution is 2.30. The third-order valence-corrected chi connectivity index (χ3v) is 60.5. The monoisotopic (exact) mass is 410 g/mol. The van der Waals surface area contributed by atoms with E-state index in [4.69, 9.17) is 66.5 Å². The van der Waals surface area contributed by atoms with Crippen molar-refractivity contribution in [3.63, 3.8) is 0 Å². The molecular weight excluding hydrogens is 397 g/mol. The summed E-state index contributed by atoms with van der Waals surface area (Å²) in [6.45, 7) is 2.18. The Labute approximate surface area is 131 Å². The standard InChI is InChI=1S/C6H16Cl6Si4/c1-2-3-4-5-6-14(16(10,11)12)13-15(7,8)9/h14H,2-6,13H2,1H3. The van der Waals surface area contributed by atoms with Crippen molar-refractivity contribution in [3.8, 4) is 0 Å². The summed E-state index contributed by atoms with van der Waals surface area (Å²) in [5.74, 6) is 0. The van der Waals surface area contributed by atoms with Gasteiger partial charge in [-0.3, -0.25) is 0 Å². The molecule has 0 saturated carbocycles. The normalized spacial score (nSPS) is 15.9. The minimum Gasteiger partial charge on any atom is -0.131 e. The first kappa shape index (κ1) is 18.6. The quantitative estimate of drug-likeness (QED) is 0.316. The largest absolute Gasteiger partial charge is 0.318 e. The summed E-state index contributed by atoms with van der Waals surface area (Å²) in [6, 6.07) is 1.07. The van der Waals surface area contributed by atoms with E-state index in [-0.39, 0.29) is 0 Å². The zero-order chi connectivity index (χ0) is 12.8. The summed E-state index contributed by atoms with van der Waals surface area (Å²) in [5.41, 5.74) is -5.06. The van der Waals surface area contributed by atoms with Crippen molar-refractivity contribution in [2.24, 2.45) is 0 Å². The zero-order valence-corrected chi connectivity index (χ0v) is 18.2. The Kier molecular flexibility index (Phi) is 10.1. The van der Waals surface area contributed by atoms with Crippen LogP contribution in [0.25, 0.3) is 0 Å².